The quantitative estimate of drug-likeness (QED) is 0.256. The van der Waals surface area contributed by atoms with Crippen LogP contribution in [0.25, 0.3) is 0 Å². The summed E-state index contributed by atoms with van der Waals surface area (Å²) >= 11 is 0. The first-order valence-electron chi connectivity index (χ1n) is 3.64. The molecule has 0 saturated carbocycles. The van der Waals surface area contributed by atoms with Crippen molar-refractivity contribution in [1.82, 2.24) is 0 Å². The van der Waals surface area contributed by atoms with E-state index < -0.39 is 0 Å². The maximum Gasteiger partial charge on any atom is 0.234 e. The SMILES string of the molecule is O=C=NCC/C=C/CCN=C=O. The van der Waals surface area contributed by atoms with E-state index in [-0.39, 0.29) is 0 Å². The molecule has 0 N–H and O–H groups in total. The molecular formula is C8H10N2O2. The van der Waals surface area contributed by atoms with E-state index >= 15 is 0 Å². The second-order valence-electron chi connectivity index (χ2n) is 1.99. The van der Waals surface area contributed by atoms with Gasteiger partial charge < -0.3 is 0 Å². The third-order valence-electron chi connectivity index (χ3n) is 1.11. The average Bonchev–Trinajstić information content (AvgIpc) is 2.10. The van der Waals surface area contributed by atoms with Crippen LogP contribution in [0.2, 0.25) is 0 Å². The number of hydrogen-bond acceptors (Lipinski definition) is 4. The van der Waals surface area contributed by atoms with E-state index in [1.54, 1.807) is 0 Å². The summed E-state index contributed by atoms with van der Waals surface area (Å²) in [4.78, 5) is 25.9. The third kappa shape index (κ3) is 8.50. The average molecular weight is 166 g/mol. The van der Waals surface area contributed by atoms with Crippen LogP contribution in [0, 0.1) is 0 Å². The molecule has 0 aromatic heterocycles. The van der Waals surface area contributed by atoms with Crippen LogP contribution >= 0.6 is 0 Å². The van der Waals surface area contributed by atoms with Crippen LogP contribution in [0.15, 0.2) is 22.1 Å². The van der Waals surface area contributed by atoms with Crippen molar-refractivity contribution in [2.45, 2.75) is 12.8 Å². The van der Waals surface area contributed by atoms with Gasteiger partial charge in [0.1, 0.15) is 0 Å². The van der Waals surface area contributed by atoms with E-state index in [4.69, 9.17) is 0 Å². The molecule has 0 aromatic carbocycles. The first kappa shape index (κ1) is 10.5. The molecule has 0 radical (unpaired) electrons. The Morgan fingerprint density at radius 3 is 1.67 bits per heavy atom. The van der Waals surface area contributed by atoms with Crippen LogP contribution in [0.5, 0.6) is 0 Å². The largest absolute Gasteiger partial charge is 0.234 e. The molecule has 0 aliphatic heterocycles. The molecule has 0 heterocycles. The van der Waals surface area contributed by atoms with Crippen molar-refractivity contribution < 1.29 is 9.59 Å². The molecule has 12 heavy (non-hydrogen) atoms. The van der Waals surface area contributed by atoms with Crippen LogP contribution < -0.4 is 0 Å². The van der Waals surface area contributed by atoms with Gasteiger partial charge in [-0.05, 0) is 12.8 Å². The summed E-state index contributed by atoms with van der Waals surface area (Å²) in [6.07, 6.45) is 8.12. The molecule has 0 rings (SSSR count). The van der Waals surface area contributed by atoms with E-state index in [9.17, 15) is 9.59 Å². The normalized spacial score (nSPS) is 9.00. The zero-order valence-electron chi connectivity index (χ0n) is 6.69. The molecule has 0 amide bonds. The van der Waals surface area contributed by atoms with E-state index in [1.165, 1.54) is 12.2 Å². The van der Waals surface area contributed by atoms with Gasteiger partial charge in [0.2, 0.25) is 12.2 Å². The molecule has 0 saturated heterocycles. The van der Waals surface area contributed by atoms with Crippen molar-refractivity contribution in [2.75, 3.05) is 13.1 Å². The summed E-state index contributed by atoms with van der Waals surface area (Å²) in [7, 11) is 0. The van der Waals surface area contributed by atoms with Crippen LogP contribution in [0.3, 0.4) is 0 Å². The minimum absolute atomic E-state index is 0.469. The van der Waals surface area contributed by atoms with Crippen LogP contribution in [0.4, 0.5) is 0 Å². The van der Waals surface area contributed by atoms with Crippen molar-refractivity contribution in [3.05, 3.63) is 12.2 Å². The van der Waals surface area contributed by atoms with Gasteiger partial charge in [0.25, 0.3) is 0 Å². The number of aliphatic imine (C=N–C) groups is 2. The molecule has 0 atom stereocenters. The molecular weight excluding hydrogens is 156 g/mol. The summed E-state index contributed by atoms with van der Waals surface area (Å²) in [5.41, 5.74) is 0. The molecule has 4 heteroatoms. The molecule has 64 valence electrons. The lowest BCUT2D eigenvalue weighted by molar-refractivity contribution is 0.562. The van der Waals surface area contributed by atoms with Gasteiger partial charge >= 0.3 is 0 Å². The Hall–Kier alpha value is -1.50. The Bertz CT molecular complexity index is 199. The standard InChI is InChI=1S/C8H10N2O2/c11-7-9-5-3-1-2-4-6-10-8-12/h1-2H,3-6H2/b2-1+. The molecule has 0 unspecified atom stereocenters. The Morgan fingerprint density at radius 2 is 1.33 bits per heavy atom. The van der Waals surface area contributed by atoms with Gasteiger partial charge in [-0.2, -0.15) is 0 Å². The maximum absolute atomic E-state index is 9.61. The lowest BCUT2D eigenvalue weighted by atomic mass is 10.3. The minimum Gasteiger partial charge on any atom is -0.211 e. The van der Waals surface area contributed by atoms with Crippen molar-refractivity contribution >= 4 is 12.2 Å². The third-order valence-corrected chi connectivity index (χ3v) is 1.11. The molecule has 0 spiro atoms. The first-order chi connectivity index (χ1) is 5.91. The topological polar surface area (TPSA) is 58.9 Å². The summed E-state index contributed by atoms with van der Waals surface area (Å²) in [5.74, 6) is 0. The van der Waals surface area contributed by atoms with Crippen molar-refractivity contribution in [2.24, 2.45) is 9.98 Å². The summed E-state index contributed by atoms with van der Waals surface area (Å²) in [6.45, 7) is 0.938. The number of rotatable bonds is 6. The molecule has 0 aliphatic carbocycles. The second-order valence-corrected chi connectivity index (χ2v) is 1.99. The molecule has 0 aromatic rings. The monoisotopic (exact) mass is 166 g/mol. The zero-order chi connectivity index (χ0) is 9.07. The Balaban J connectivity index is 3.25. The Labute approximate surface area is 70.7 Å². The Morgan fingerprint density at radius 1 is 0.917 bits per heavy atom. The minimum atomic E-state index is 0.469. The van der Waals surface area contributed by atoms with E-state index in [2.05, 4.69) is 9.98 Å². The summed E-state index contributed by atoms with van der Waals surface area (Å²) in [5, 5.41) is 0. The lowest BCUT2D eigenvalue weighted by Gasteiger charge is -1.84. The first-order valence-corrected chi connectivity index (χ1v) is 3.64. The Kier molecular flexibility index (Phi) is 8.31. The zero-order valence-corrected chi connectivity index (χ0v) is 6.69. The highest BCUT2D eigenvalue weighted by Crippen LogP contribution is 1.87. The van der Waals surface area contributed by atoms with Gasteiger partial charge in [-0.1, -0.05) is 12.2 Å². The molecule has 0 bridgehead atoms. The fourth-order valence-electron chi connectivity index (χ4n) is 0.605. The number of nitrogens with zero attached hydrogens (tertiary/aromatic N) is 2. The molecule has 4 nitrogen and oxygen atoms in total. The highest BCUT2D eigenvalue weighted by atomic mass is 16.1. The fraction of sp³-hybridized carbons (Fsp3) is 0.500. The maximum atomic E-state index is 9.61. The van der Waals surface area contributed by atoms with E-state index in [0.29, 0.717) is 13.1 Å². The summed E-state index contributed by atoms with van der Waals surface area (Å²) in [6, 6.07) is 0. The number of isocyanates is 2. The van der Waals surface area contributed by atoms with Gasteiger partial charge in [-0.15, -0.1) is 0 Å². The fourth-order valence-corrected chi connectivity index (χ4v) is 0.605. The highest BCUT2D eigenvalue weighted by molar-refractivity contribution is 5.33. The predicted molar refractivity (Wildman–Crippen MR) is 44.4 cm³/mol. The van der Waals surface area contributed by atoms with Gasteiger partial charge in [0.15, 0.2) is 0 Å². The smallest absolute Gasteiger partial charge is 0.211 e. The van der Waals surface area contributed by atoms with Gasteiger partial charge in [-0.3, -0.25) is 0 Å². The van der Waals surface area contributed by atoms with Crippen LogP contribution in [0.1, 0.15) is 12.8 Å². The van der Waals surface area contributed by atoms with Gasteiger partial charge in [0.05, 0.1) is 13.1 Å². The number of hydrogen-bond donors (Lipinski definition) is 0. The lowest BCUT2D eigenvalue weighted by Crippen LogP contribution is -1.77. The summed E-state index contributed by atoms with van der Waals surface area (Å²) < 4.78 is 0. The van der Waals surface area contributed by atoms with Crippen molar-refractivity contribution in [1.29, 1.82) is 0 Å². The van der Waals surface area contributed by atoms with Crippen molar-refractivity contribution in [3.8, 4) is 0 Å². The van der Waals surface area contributed by atoms with Gasteiger partial charge in [0, 0.05) is 0 Å². The van der Waals surface area contributed by atoms with Gasteiger partial charge in [-0.25, -0.2) is 19.6 Å². The van der Waals surface area contributed by atoms with Crippen molar-refractivity contribution in [3.63, 3.8) is 0 Å². The van der Waals surface area contributed by atoms with E-state index in [1.807, 2.05) is 12.2 Å². The van der Waals surface area contributed by atoms with Crippen LogP contribution in [-0.2, 0) is 9.59 Å². The molecule has 0 fully saturated rings. The predicted octanol–water partition coefficient (Wildman–Crippen LogP) is 0.994. The second kappa shape index (κ2) is 9.50. The molecule has 0 aliphatic rings. The van der Waals surface area contributed by atoms with E-state index in [0.717, 1.165) is 12.8 Å². The number of carbonyl (C=O) groups excluding carboxylic acids is 2. The van der Waals surface area contributed by atoms with Crippen LogP contribution in [-0.4, -0.2) is 25.2 Å². The highest BCUT2D eigenvalue weighted by Gasteiger charge is 1.78.